The van der Waals surface area contributed by atoms with Crippen LogP contribution in [0, 0.1) is 5.92 Å². The Balaban J connectivity index is 1.99. The summed E-state index contributed by atoms with van der Waals surface area (Å²) in [5, 5.41) is 8.81. The summed E-state index contributed by atoms with van der Waals surface area (Å²) in [5.74, 6) is 0.820. The van der Waals surface area contributed by atoms with E-state index in [1.165, 1.54) is 0 Å². The molecule has 2 aliphatic heterocycles. The van der Waals surface area contributed by atoms with E-state index in [0.717, 1.165) is 10.2 Å². The van der Waals surface area contributed by atoms with E-state index in [1.807, 2.05) is 43.6 Å². The fraction of sp³-hybridized carbons (Fsp3) is 0.214. The number of benzene rings is 1. The Morgan fingerprint density at radius 2 is 2.30 bits per heavy atom. The van der Waals surface area contributed by atoms with E-state index in [9.17, 15) is 4.79 Å². The number of hydrogen-bond donors (Lipinski definition) is 1. The minimum absolute atomic E-state index is 0.0946. The molecule has 1 aromatic carbocycles. The Labute approximate surface area is 125 Å². The number of hydrogen-bond acceptors (Lipinski definition) is 4. The minimum atomic E-state index is -0.0946. The summed E-state index contributed by atoms with van der Waals surface area (Å²) in [4.78, 5) is 16.5. The van der Waals surface area contributed by atoms with Gasteiger partial charge in [-0.1, -0.05) is 28.9 Å². The van der Waals surface area contributed by atoms with Crippen LogP contribution in [0.4, 0.5) is 11.4 Å². The predicted molar refractivity (Wildman–Crippen MR) is 83.1 cm³/mol. The van der Waals surface area contributed by atoms with Crippen molar-refractivity contribution in [3.8, 4) is 0 Å². The molecule has 1 amide bonds. The lowest BCUT2D eigenvalue weighted by molar-refractivity contribution is -0.115. The van der Waals surface area contributed by atoms with Gasteiger partial charge in [-0.05, 0) is 18.2 Å². The zero-order valence-electron chi connectivity index (χ0n) is 10.9. The van der Waals surface area contributed by atoms with Gasteiger partial charge < -0.3 is 5.32 Å². The number of allylic oxidation sites excluding steroid dienone is 1. The molecule has 0 radical (unpaired) electrons. The summed E-state index contributed by atoms with van der Waals surface area (Å²) in [6.45, 7) is 2.05. The first-order valence-corrected chi connectivity index (χ1v) is 7.10. The summed E-state index contributed by atoms with van der Waals surface area (Å²) >= 11 is 3.39. The maximum Gasteiger partial charge on any atom is 0.232 e. The molecule has 0 aliphatic carbocycles. The van der Waals surface area contributed by atoms with Crippen molar-refractivity contribution < 1.29 is 4.79 Å². The number of fused-ring (bicyclic) bond motifs is 1. The highest BCUT2D eigenvalue weighted by molar-refractivity contribution is 9.10. The van der Waals surface area contributed by atoms with E-state index in [-0.39, 0.29) is 12.3 Å². The number of amides is 1. The minimum Gasteiger partial charge on any atom is -0.324 e. The van der Waals surface area contributed by atoms with Crippen LogP contribution in [-0.2, 0) is 4.79 Å². The van der Waals surface area contributed by atoms with Gasteiger partial charge in [-0.3, -0.25) is 4.79 Å². The highest BCUT2D eigenvalue weighted by Gasteiger charge is 2.20. The van der Waals surface area contributed by atoms with Crippen molar-refractivity contribution in [2.45, 2.75) is 13.3 Å². The second-order valence-corrected chi connectivity index (χ2v) is 5.64. The van der Waals surface area contributed by atoms with Crippen LogP contribution in [0.25, 0.3) is 0 Å². The van der Waals surface area contributed by atoms with E-state index < -0.39 is 0 Å². The zero-order valence-corrected chi connectivity index (χ0v) is 12.5. The van der Waals surface area contributed by atoms with Crippen molar-refractivity contribution in [1.82, 2.24) is 5.01 Å². The van der Waals surface area contributed by atoms with Gasteiger partial charge in [-0.15, -0.1) is 0 Å². The smallest absolute Gasteiger partial charge is 0.232 e. The van der Waals surface area contributed by atoms with Gasteiger partial charge >= 0.3 is 0 Å². The van der Waals surface area contributed by atoms with E-state index in [4.69, 9.17) is 0 Å². The second-order valence-electron chi connectivity index (χ2n) is 4.72. The third-order valence-electron chi connectivity index (χ3n) is 3.02. The van der Waals surface area contributed by atoms with Gasteiger partial charge in [0, 0.05) is 22.8 Å². The molecule has 5 nitrogen and oxygen atoms in total. The molecule has 0 spiro atoms. The van der Waals surface area contributed by atoms with Gasteiger partial charge in [0.25, 0.3) is 0 Å². The molecule has 1 N–H and O–H groups in total. The monoisotopic (exact) mass is 332 g/mol. The highest BCUT2D eigenvalue weighted by Crippen LogP contribution is 2.31. The van der Waals surface area contributed by atoms with E-state index in [2.05, 4.69) is 31.3 Å². The quantitative estimate of drug-likeness (QED) is 0.792. The number of carbonyl (C=O) groups excluding carboxylic acids is 1. The third kappa shape index (κ3) is 2.65. The number of hydrazone groups is 1. The first kappa shape index (κ1) is 13.1. The molecule has 1 atom stereocenters. The third-order valence-corrected chi connectivity index (χ3v) is 3.52. The fourth-order valence-electron chi connectivity index (χ4n) is 1.99. The maximum absolute atomic E-state index is 12.0. The Morgan fingerprint density at radius 1 is 1.45 bits per heavy atom. The van der Waals surface area contributed by atoms with Crippen LogP contribution < -0.4 is 5.32 Å². The number of nitrogens with zero attached hydrogens (tertiary/aromatic N) is 3. The lowest BCUT2D eigenvalue weighted by atomic mass is 10.2. The zero-order chi connectivity index (χ0) is 14.1. The van der Waals surface area contributed by atoms with Crippen molar-refractivity contribution >= 4 is 45.3 Å². The van der Waals surface area contributed by atoms with Crippen molar-refractivity contribution in [2.24, 2.45) is 16.0 Å². The summed E-state index contributed by atoms with van der Waals surface area (Å²) in [5.41, 5.74) is 1.44. The molecule has 0 aromatic heterocycles. The van der Waals surface area contributed by atoms with E-state index in [1.54, 1.807) is 5.01 Å². The summed E-state index contributed by atoms with van der Waals surface area (Å²) in [7, 11) is 0. The SMILES string of the molecule is CC1C=CN(C2=Nc3ccc(Br)cc3NC(=O)C2)N=C1. The Hall–Kier alpha value is -1.95. The Bertz CT molecular complexity index is 637. The first-order chi connectivity index (χ1) is 9.61. The Morgan fingerprint density at radius 3 is 3.05 bits per heavy atom. The van der Waals surface area contributed by atoms with Crippen LogP contribution >= 0.6 is 15.9 Å². The molecule has 2 heterocycles. The molecule has 0 saturated carbocycles. The predicted octanol–water partition coefficient (Wildman–Crippen LogP) is 3.27. The average Bonchev–Trinajstić information content (AvgIpc) is 2.57. The van der Waals surface area contributed by atoms with Gasteiger partial charge in [0.2, 0.25) is 5.91 Å². The second kappa shape index (κ2) is 5.20. The molecule has 0 fully saturated rings. The molecule has 20 heavy (non-hydrogen) atoms. The maximum atomic E-state index is 12.0. The largest absolute Gasteiger partial charge is 0.324 e. The summed E-state index contributed by atoms with van der Waals surface area (Å²) < 4.78 is 0.903. The molecular weight excluding hydrogens is 320 g/mol. The molecular formula is C14H13BrN4O. The van der Waals surface area contributed by atoms with Crippen LogP contribution in [-0.4, -0.2) is 23.0 Å². The van der Waals surface area contributed by atoms with Crippen molar-refractivity contribution in [2.75, 3.05) is 5.32 Å². The number of aliphatic imine (C=N–C) groups is 1. The van der Waals surface area contributed by atoms with Gasteiger partial charge in [0.1, 0.15) is 5.84 Å². The van der Waals surface area contributed by atoms with Crippen molar-refractivity contribution in [3.05, 3.63) is 34.9 Å². The molecule has 1 aromatic rings. The number of nitrogens with one attached hydrogen (secondary N) is 1. The molecule has 102 valence electrons. The van der Waals surface area contributed by atoms with Crippen molar-refractivity contribution in [1.29, 1.82) is 0 Å². The first-order valence-electron chi connectivity index (χ1n) is 6.30. The number of rotatable bonds is 0. The number of amidine groups is 1. The van der Waals surface area contributed by atoms with Gasteiger partial charge in [-0.25, -0.2) is 10.0 Å². The lowest BCUT2D eigenvalue weighted by Crippen LogP contribution is -2.26. The van der Waals surface area contributed by atoms with Gasteiger partial charge in [0.15, 0.2) is 0 Å². The molecule has 1 unspecified atom stereocenters. The Kier molecular flexibility index (Phi) is 3.40. The molecule has 0 bridgehead atoms. The normalized spacial score (nSPS) is 21.1. The highest BCUT2D eigenvalue weighted by atomic mass is 79.9. The molecule has 6 heteroatoms. The van der Waals surface area contributed by atoms with Crippen LogP contribution in [0.1, 0.15) is 13.3 Å². The van der Waals surface area contributed by atoms with E-state index >= 15 is 0 Å². The lowest BCUT2D eigenvalue weighted by Gasteiger charge is -2.19. The molecule has 0 saturated heterocycles. The van der Waals surface area contributed by atoms with Crippen LogP contribution in [0.3, 0.4) is 0 Å². The van der Waals surface area contributed by atoms with E-state index in [0.29, 0.717) is 17.4 Å². The van der Waals surface area contributed by atoms with Crippen LogP contribution in [0.2, 0.25) is 0 Å². The molecule has 2 aliphatic rings. The summed E-state index contributed by atoms with van der Waals surface area (Å²) in [6, 6.07) is 5.61. The summed E-state index contributed by atoms with van der Waals surface area (Å²) in [6.07, 6.45) is 5.89. The van der Waals surface area contributed by atoms with Crippen LogP contribution in [0.15, 0.2) is 45.0 Å². The van der Waals surface area contributed by atoms with Gasteiger partial charge in [0.05, 0.1) is 17.8 Å². The topological polar surface area (TPSA) is 57.1 Å². The van der Waals surface area contributed by atoms with Crippen LogP contribution in [0.5, 0.6) is 0 Å². The fourth-order valence-corrected chi connectivity index (χ4v) is 2.35. The average molecular weight is 333 g/mol. The standard InChI is InChI=1S/C14H13BrN4O/c1-9-4-5-19(16-8-9)13-7-14(20)18-12-6-10(15)2-3-11(12)17-13/h2-6,8-9H,7H2,1H3,(H,18,20). The van der Waals surface area contributed by atoms with Crippen molar-refractivity contribution in [3.63, 3.8) is 0 Å². The number of carbonyl (C=O) groups is 1. The number of anilines is 1. The number of halogens is 1. The van der Waals surface area contributed by atoms with Gasteiger partial charge in [-0.2, -0.15) is 5.10 Å². The molecule has 3 rings (SSSR count).